The number of hydrogen-bond donors (Lipinski definition) is 1. The molecule has 0 aliphatic rings. The van der Waals surface area contributed by atoms with Gasteiger partial charge in [-0.05, 0) is 24.3 Å². The monoisotopic (exact) mass is 252 g/mol. The number of pyridine rings is 1. The Labute approximate surface area is 110 Å². The molecular weight excluding hydrogens is 240 g/mol. The number of nitrogens with one attached hydrogen (secondary N) is 1. The minimum absolute atomic E-state index is 0.525. The number of ether oxygens (including phenoxy) is 1. The molecule has 3 aromatic rings. The molecular formula is C14H12N4O. The van der Waals surface area contributed by atoms with Crippen molar-refractivity contribution >= 4 is 22.5 Å². The molecule has 0 spiro atoms. The number of rotatable bonds is 3. The van der Waals surface area contributed by atoms with E-state index in [2.05, 4.69) is 20.3 Å². The smallest absolute Gasteiger partial charge is 0.237 e. The summed E-state index contributed by atoms with van der Waals surface area (Å²) >= 11 is 0. The van der Waals surface area contributed by atoms with Crippen molar-refractivity contribution in [2.24, 2.45) is 0 Å². The number of hydrogen-bond acceptors (Lipinski definition) is 5. The van der Waals surface area contributed by atoms with Gasteiger partial charge in [0, 0.05) is 6.20 Å². The van der Waals surface area contributed by atoms with Gasteiger partial charge in [-0.15, -0.1) is 0 Å². The lowest BCUT2D eigenvalue weighted by molar-refractivity contribution is 0.400. The summed E-state index contributed by atoms with van der Waals surface area (Å²) in [6.45, 7) is 0. The number of aromatic nitrogens is 3. The van der Waals surface area contributed by atoms with Crippen LogP contribution in [0, 0.1) is 0 Å². The molecule has 5 heteroatoms. The fourth-order valence-corrected chi connectivity index (χ4v) is 1.80. The minimum Gasteiger partial charge on any atom is -0.480 e. The Bertz CT molecular complexity index is 714. The zero-order valence-electron chi connectivity index (χ0n) is 10.4. The fraction of sp³-hybridized carbons (Fsp3) is 0.0714. The van der Waals surface area contributed by atoms with Crippen molar-refractivity contribution in [2.75, 3.05) is 12.4 Å². The predicted octanol–water partition coefficient (Wildman–Crippen LogP) is 2.78. The normalized spacial score (nSPS) is 10.4. The summed E-state index contributed by atoms with van der Waals surface area (Å²) in [5.41, 5.74) is 2.47. The lowest BCUT2D eigenvalue weighted by atomic mass is 10.3. The summed E-state index contributed by atoms with van der Waals surface area (Å²) in [6.07, 6.45) is 3.37. The second-order valence-electron chi connectivity index (χ2n) is 3.93. The van der Waals surface area contributed by atoms with E-state index in [1.807, 2.05) is 36.4 Å². The van der Waals surface area contributed by atoms with Crippen molar-refractivity contribution in [1.82, 2.24) is 15.0 Å². The molecule has 3 rings (SSSR count). The van der Waals surface area contributed by atoms with Gasteiger partial charge in [-0.1, -0.05) is 12.1 Å². The van der Waals surface area contributed by atoms with Gasteiger partial charge in [0.2, 0.25) is 5.88 Å². The van der Waals surface area contributed by atoms with Crippen LogP contribution in [-0.2, 0) is 0 Å². The molecule has 0 saturated heterocycles. The topological polar surface area (TPSA) is 59.9 Å². The van der Waals surface area contributed by atoms with Crippen LogP contribution >= 0.6 is 0 Å². The first-order chi connectivity index (χ1) is 9.36. The van der Waals surface area contributed by atoms with Gasteiger partial charge in [0.05, 0.1) is 24.3 Å². The molecule has 0 saturated carbocycles. The summed E-state index contributed by atoms with van der Waals surface area (Å²) in [4.78, 5) is 13.0. The lowest BCUT2D eigenvalue weighted by Gasteiger charge is -2.09. The van der Waals surface area contributed by atoms with E-state index in [4.69, 9.17) is 4.74 Å². The van der Waals surface area contributed by atoms with E-state index in [0.717, 1.165) is 16.7 Å². The molecule has 1 aromatic carbocycles. The second-order valence-corrected chi connectivity index (χ2v) is 3.93. The van der Waals surface area contributed by atoms with Gasteiger partial charge in [-0.25, -0.2) is 9.97 Å². The Morgan fingerprint density at radius 2 is 1.84 bits per heavy atom. The van der Waals surface area contributed by atoms with Crippen LogP contribution in [0.15, 0.2) is 48.8 Å². The van der Waals surface area contributed by atoms with Crippen molar-refractivity contribution in [2.45, 2.75) is 0 Å². The highest BCUT2D eigenvalue weighted by Crippen LogP contribution is 2.23. The van der Waals surface area contributed by atoms with Crippen LogP contribution in [0.1, 0.15) is 0 Å². The molecule has 0 atom stereocenters. The molecule has 2 heterocycles. The molecule has 1 N–H and O–H groups in total. The zero-order chi connectivity index (χ0) is 13.1. The highest BCUT2D eigenvalue weighted by atomic mass is 16.5. The Hall–Kier alpha value is -2.69. The van der Waals surface area contributed by atoms with Crippen molar-refractivity contribution in [1.29, 1.82) is 0 Å². The molecule has 0 unspecified atom stereocenters. The average Bonchev–Trinajstić information content (AvgIpc) is 2.48. The van der Waals surface area contributed by atoms with Gasteiger partial charge in [-0.3, -0.25) is 4.98 Å². The van der Waals surface area contributed by atoms with E-state index in [-0.39, 0.29) is 0 Å². The molecule has 0 radical (unpaired) electrons. The van der Waals surface area contributed by atoms with E-state index in [0.29, 0.717) is 11.7 Å². The van der Waals surface area contributed by atoms with Crippen LogP contribution in [0.4, 0.5) is 11.5 Å². The van der Waals surface area contributed by atoms with Crippen LogP contribution in [-0.4, -0.2) is 22.1 Å². The number of methoxy groups -OCH3 is 1. The first kappa shape index (κ1) is 11.4. The first-order valence-electron chi connectivity index (χ1n) is 5.84. The van der Waals surface area contributed by atoms with Gasteiger partial charge >= 0.3 is 0 Å². The number of benzene rings is 1. The highest BCUT2D eigenvalue weighted by Gasteiger charge is 2.05. The third kappa shape index (κ3) is 2.30. The summed E-state index contributed by atoms with van der Waals surface area (Å²) < 4.78 is 5.18. The van der Waals surface area contributed by atoms with Crippen molar-refractivity contribution < 1.29 is 4.74 Å². The van der Waals surface area contributed by atoms with Crippen molar-refractivity contribution in [3.05, 3.63) is 48.8 Å². The maximum Gasteiger partial charge on any atom is 0.237 e. The van der Waals surface area contributed by atoms with Gasteiger partial charge in [-0.2, -0.15) is 0 Å². The Balaban J connectivity index is 1.96. The SMILES string of the molecule is COc1ncccc1Nc1cnc2ccccc2n1. The number of anilines is 2. The van der Waals surface area contributed by atoms with Crippen LogP contribution in [0.3, 0.4) is 0 Å². The summed E-state index contributed by atoms with van der Waals surface area (Å²) in [7, 11) is 1.58. The van der Waals surface area contributed by atoms with Crippen LogP contribution in [0.25, 0.3) is 11.0 Å². The fourth-order valence-electron chi connectivity index (χ4n) is 1.80. The molecule has 0 fully saturated rings. The van der Waals surface area contributed by atoms with E-state index < -0.39 is 0 Å². The lowest BCUT2D eigenvalue weighted by Crippen LogP contribution is -1.99. The molecule has 0 bridgehead atoms. The van der Waals surface area contributed by atoms with E-state index in [9.17, 15) is 0 Å². The second kappa shape index (κ2) is 4.89. The minimum atomic E-state index is 0.525. The summed E-state index contributed by atoms with van der Waals surface area (Å²) in [5, 5.41) is 3.15. The average molecular weight is 252 g/mol. The van der Waals surface area contributed by atoms with Gasteiger partial charge in [0.1, 0.15) is 11.5 Å². The van der Waals surface area contributed by atoms with Gasteiger partial charge < -0.3 is 10.1 Å². The van der Waals surface area contributed by atoms with Crippen LogP contribution in [0.2, 0.25) is 0 Å². The summed E-state index contributed by atoms with van der Waals surface area (Å²) in [5.74, 6) is 1.18. The maximum absolute atomic E-state index is 5.18. The van der Waals surface area contributed by atoms with Crippen molar-refractivity contribution in [3.8, 4) is 5.88 Å². The zero-order valence-corrected chi connectivity index (χ0v) is 10.4. The predicted molar refractivity (Wildman–Crippen MR) is 73.6 cm³/mol. The Kier molecular flexibility index (Phi) is 2.94. The van der Waals surface area contributed by atoms with Gasteiger partial charge in [0.25, 0.3) is 0 Å². The Morgan fingerprint density at radius 3 is 2.68 bits per heavy atom. The number of nitrogens with zero attached hydrogens (tertiary/aromatic N) is 3. The molecule has 19 heavy (non-hydrogen) atoms. The molecule has 2 aromatic heterocycles. The first-order valence-corrected chi connectivity index (χ1v) is 5.84. The largest absolute Gasteiger partial charge is 0.480 e. The third-order valence-electron chi connectivity index (χ3n) is 2.68. The number of para-hydroxylation sites is 2. The van der Waals surface area contributed by atoms with E-state index >= 15 is 0 Å². The van der Waals surface area contributed by atoms with Crippen molar-refractivity contribution in [3.63, 3.8) is 0 Å². The standard InChI is InChI=1S/C14H12N4O/c1-19-14-12(7-4-8-15-14)18-13-9-16-10-5-2-3-6-11(10)17-13/h2-9H,1H3,(H,17,18). The summed E-state index contributed by atoms with van der Waals surface area (Å²) in [6, 6.07) is 11.4. The Morgan fingerprint density at radius 1 is 1.00 bits per heavy atom. The van der Waals surface area contributed by atoms with Gasteiger partial charge in [0.15, 0.2) is 0 Å². The third-order valence-corrected chi connectivity index (χ3v) is 2.68. The molecule has 0 amide bonds. The van der Waals surface area contributed by atoms with E-state index in [1.54, 1.807) is 19.5 Å². The van der Waals surface area contributed by atoms with E-state index in [1.165, 1.54) is 0 Å². The molecule has 5 nitrogen and oxygen atoms in total. The maximum atomic E-state index is 5.18. The number of fused-ring (bicyclic) bond motifs is 1. The van der Waals surface area contributed by atoms with Crippen LogP contribution in [0.5, 0.6) is 5.88 Å². The quantitative estimate of drug-likeness (QED) is 0.776. The van der Waals surface area contributed by atoms with Crippen LogP contribution < -0.4 is 10.1 Å². The highest BCUT2D eigenvalue weighted by molar-refractivity contribution is 5.76. The molecule has 0 aliphatic carbocycles. The molecule has 0 aliphatic heterocycles. The molecule has 94 valence electrons.